The van der Waals surface area contributed by atoms with Gasteiger partial charge in [-0.2, -0.15) is 0 Å². The molecule has 2 saturated heterocycles. The van der Waals surface area contributed by atoms with Gasteiger partial charge in [0.1, 0.15) is 0 Å². The Labute approximate surface area is 159 Å². The minimum absolute atomic E-state index is 0.248. The highest BCUT2D eigenvalue weighted by Crippen LogP contribution is 2.15. The Morgan fingerprint density at radius 3 is 2.46 bits per heavy atom. The summed E-state index contributed by atoms with van der Waals surface area (Å²) in [6.45, 7) is 7.18. The number of piperidine rings is 1. The molecule has 0 aliphatic carbocycles. The van der Waals surface area contributed by atoms with Crippen LogP contribution in [0.15, 0.2) is 4.99 Å². The molecule has 0 amide bonds. The molecule has 0 saturated carbocycles. The fraction of sp³-hybridized carbons (Fsp3) is 0.941. The normalized spacial score (nSPS) is 25.4. The zero-order valence-electron chi connectivity index (χ0n) is 16.7. The molecule has 2 heterocycles. The van der Waals surface area contributed by atoms with E-state index in [4.69, 9.17) is 0 Å². The molecule has 2 aliphatic heterocycles. The molecule has 1 atom stereocenters. The fourth-order valence-electron chi connectivity index (χ4n) is 3.59. The lowest BCUT2D eigenvalue weighted by Gasteiger charge is -2.38. The van der Waals surface area contributed by atoms with Crippen LogP contribution in [0.1, 0.15) is 26.2 Å². The molecule has 1 unspecified atom stereocenters. The number of likely N-dealkylation sites (N-methyl/N-ethyl adjacent to an activating group) is 2. The van der Waals surface area contributed by atoms with E-state index in [0.717, 1.165) is 45.0 Å². The van der Waals surface area contributed by atoms with Crippen LogP contribution >= 0.6 is 0 Å². The molecule has 0 aromatic carbocycles. The zero-order chi connectivity index (χ0) is 19.2. The number of guanidine groups is 1. The van der Waals surface area contributed by atoms with Crippen molar-refractivity contribution in [3.05, 3.63) is 0 Å². The average molecular weight is 389 g/mol. The largest absolute Gasteiger partial charge is 0.355 e. The van der Waals surface area contributed by atoms with Crippen LogP contribution < -0.4 is 10.6 Å². The molecule has 0 bridgehead atoms. The van der Waals surface area contributed by atoms with Crippen molar-refractivity contribution in [2.45, 2.75) is 38.3 Å². The topological polar surface area (TPSA) is 80.3 Å². The third-order valence-electron chi connectivity index (χ3n) is 5.36. The summed E-state index contributed by atoms with van der Waals surface area (Å²) >= 11 is 0. The highest BCUT2D eigenvalue weighted by Gasteiger charge is 2.28. The van der Waals surface area contributed by atoms with Gasteiger partial charge in [0.05, 0.1) is 5.75 Å². The Morgan fingerprint density at radius 1 is 1.15 bits per heavy atom. The maximum Gasteiger partial charge on any atom is 0.214 e. The molecule has 2 fully saturated rings. The molecule has 152 valence electrons. The Bertz CT molecular complexity index is 560. The summed E-state index contributed by atoms with van der Waals surface area (Å²) < 4.78 is 26.0. The predicted octanol–water partition coefficient (Wildman–Crippen LogP) is -0.399. The smallest absolute Gasteiger partial charge is 0.214 e. The lowest BCUT2D eigenvalue weighted by molar-refractivity contribution is 0.116. The molecule has 2 N–H and O–H groups in total. The van der Waals surface area contributed by atoms with Crippen LogP contribution in [-0.4, -0.2) is 107 Å². The van der Waals surface area contributed by atoms with E-state index < -0.39 is 10.0 Å². The van der Waals surface area contributed by atoms with Crippen molar-refractivity contribution in [2.75, 3.05) is 66.2 Å². The first kappa shape index (κ1) is 21.4. The molecular formula is C17H36N6O2S. The van der Waals surface area contributed by atoms with E-state index in [1.165, 1.54) is 0 Å². The number of aliphatic imine (C=N–C) groups is 1. The summed E-state index contributed by atoms with van der Waals surface area (Å²) in [6, 6.07) is 0.731. The van der Waals surface area contributed by atoms with E-state index in [0.29, 0.717) is 25.6 Å². The van der Waals surface area contributed by atoms with Crippen molar-refractivity contribution < 1.29 is 8.42 Å². The highest BCUT2D eigenvalue weighted by atomic mass is 32.2. The van der Waals surface area contributed by atoms with Crippen LogP contribution in [0.2, 0.25) is 0 Å². The first-order valence-corrected chi connectivity index (χ1v) is 11.3. The molecule has 0 aromatic rings. The zero-order valence-corrected chi connectivity index (χ0v) is 17.6. The van der Waals surface area contributed by atoms with Crippen molar-refractivity contribution in [2.24, 2.45) is 4.99 Å². The fourth-order valence-corrected chi connectivity index (χ4v) is 5.13. The van der Waals surface area contributed by atoms with Crippen LogP contribution in [0.3, 0.4) is 0 Å². The Balaban J connectivity index is 1.77. The molecule has 0 spiro atoms. The molecule has 2 rings (SSSR count). The summed E-state index contributed by atoms with van der Waals surface area (Å²) in [5.41, 5.74) is 0. The van der Waals surface area contributed by atoms with Gasteiger partial charge >= 0.3 is 0 Å². The van der Waals surface area contributed by atoms with Crippen molar-refractivity contribution in [1.82, 2.24) is 24.7 Å². The Hall–Kier alpha value is -0.900. The number of hydrogen-bond donors (Lipinski definition) is 2. The predicted molar refractivity (Wildman–Crippen MR) is 107 cm³/mol. The molecule has 26 heavy (non-hydrogen) atoms. The molecule has 2 aliphatic rings. The third kappa shape index (κ3) is 6.07. The van der Waals surface area contributed by atoms with E-state index in [1.807, 2.05) is 6.92 Å². The molecule has 9 heteroatoms. The maximum absolute atomic E-state index is 12.2. The Kier molecular flexibility index (Phi) is 8.12. The van der Waals surface area contributed by atoms with Gasteiger partial charge < -0.3 is 15.5 Å². The minimum Gasteiger partial charge on any atom is -0.355 e. The van der Waals surface area contributed by atoms with Gasteiger partial charge in [0.15, 0.2) is 5.96 Å². The van der Waals surface area contributed by atoms with Gasteiger partial charge in [-0.05, 0) is 33.4 Å². The number of piperazine rings is 1. The third-order valence-corrected chi connectivity index (χ3v) is 7.44. The van der Waals surface area contributed by atoms with Crippen LogP contribution in [0.5, 0.6) is 0 Å². The summed E-state index contributed by atoms with van der Waals surface area (Å²) in [7, 11) is 3.04. The summed E-state index contributed by atoms with van der Waals surface area (Å²) in [5, 5.41) is 6.90. The van der Waals surface area contributed by atoms with E-state index in [-0.39, 0.29) is 11.8 Å². The van der Waals surface area contributed by atoms with E-state index >= 15 is 0 Å². The van der Waals surface area contributed by atoms with E-state index in [2.05, 4.69) is 39.5 Å². The van der Waals surface area contributed by atoms with E-state index in [9.17, 15) is 8.42 Å². The minimum atomic E-state index is -3.08. The van der Waals surface area contributed by atoms with Gasteiger partial charge in [0, 0.05) is 58.4 Å². The van der Waals surface area contributed by atoms with Gasteiger partial charge in [-0.1, -0.05) is 6.92 Å². The standard InChI is InChI=1S/C17H36N6O2S/c1-5-12-26(24,25)23-8-6-15(7-9-23)20-17(18-2)19-13-16-14-21(3)10-11-22(16)4/h15-16H,5-14H2,1-4H3,(H2,18,19,20). The monoisotopic (exact) mass is 388 g/mol. The molecule has 0 radical (unpaired) electrons. The van der Waals surface area contributed by atoms with Crippen molar-refractivity contribution >= 4 is 16.0 Å². The first-order valence-electron chi connectivity index (χ1n) is 9.69. The van der Waals surface area contributed by atoms with Crippen LogP contribution in [-0.2, 0) is 10.0 Å². The number of rotatable bonds is 6. The first-order chi connectivity index (χ1) is 12.4. The van der Waals surface area contributed by atoms with Gasteiger partial charge in [0.2, 0.25) is 10.0 Å². The van der Waals surface area contributed by atoms with Crippen molar-refractivity contribution in [1.29, 1.82) is 0 Å². The lowest BCUT2D eigenvalue weighted by Crippen LogP contribution is -2.56. The molecular weight excluding hydrogens is 352 g/mol. The molecule has 0 aromatic heterocycles. The van der Waals surface area contributed by atoms with Crippen LogP contribution in [0, 0.1) is 0 Å². The Morgan fingerprint density at radius 2 is 1.85 bits per heavy atom. The van der Waals surface area contributed by atoms with Gasteiger partial charge in [-0.15, -0.1) is 0 Å². The molecule has 8 nitrogen and oxygen atoms in total. The SMILES string of the molecule is CCCS(=O)(=O)N1CCC(NC(=NC)NCC2CN(C)CCN2C)CC1. The number of nitrogens with zero attached hydrogens (tertiary/aromatic N) is 4. The van der Waals surface area contributed by atoms with Gasteiger partial charge in [-0.25, -0.2) is 12.7 Å². The van der Waals surface area contributed by atoms with Crippen LogP contribution in [0.4, 0.5) is 0 Å². The quantitative estimate of drug-likeness (QED) is 0.476. The van der Waals surface area contributed by atoms with Crippen molar-refractivity contribution in [3.8, 4) is 0 Å². The second kappa shape index (κ2) is 9.87. The van der Waals surface area contributed by atoms with Crippen LogP contribution in [0.25, 0.3) is 0 Å². The number of sulfonamides is 1. The second-order valence-corrected chi connectivity index (χ2v) is 9.57. The van der Waals surface area contributed by atoms with Gasteiger partial charge in [0.25, 0.3) is 0 Å². The highest BCUT2D eigenvalue weighted by molar-refractivity contribution is 7.89. The number of nitrogens with one attached hydrogen (secondary N) is 2. The van der Waals surface area contributed by atoms with Gasteiger partial charge in [-0.3, -0.25) is 9.89 Å². The van der Waals surface area contributed by atoms with E-state index in [1.54, 1.807) is 11.4 Å². The summed E-state index contributed by atoms with van der Waals surface area (Å²) in [4.78, 5) is 9.08. The average Bonchev–Trinajstić information content (AvgIpc) is 2.61. The van der Waals surface area contributed by atoms with Crippen molar-refractivity contribution in [3.63, 3.8) is 0 Å². The lowest BCUT2D eigenvalue weighted by atomic mass is 10.1. The second-order valence-electron chi connectivity index (χ2n) is 7.48. The summed E-state index contributed by atoms with van der Waals surface area (Å²) in [6.07, 6.45) is 2.30. The number of hydrogen-bond acceptors (Lipinski definition) is 5. The maximum atomic E-state index is 12.2. The summed E-state index contributed by atoms with van der Waals surface area (Å²) in [5.74, 6) is 1.05.